The van der Waals surface area contributed by atoms with E-state index >= 15 is 0 Å². The average Bonchev–Trinajstić information content (AvgIpc) is 2.54. The van der Waals surface area contributed by atoms with Gasteiger partial charge in [-0.25, -0.2) is 0 Å². The lowest BCUT2D eigenvalue weighted by atomic mass is 10.1. The quantitative estimate of drug-likeness (QED) is 0.269. The number of halogens is 1. The molecule has 0 unspecified atom stereocenters. The number of hydrogen-bond acceptors (Lipinski definition) is 3. The summed E-state index contributed by atoms with van der Waals surface area (Å²) in [5.41, 5.74) is 1.51. The molecule has 0 bridgehead atoms. The van der Waals surface area contributed by atoms with Gasteiger partial charge in [-0.05, 0) is 44.9 Å². The van der Waals surface area contributed by atoms with Crippen molar-refractivity contribution in [3.8, 4) is 0 Å². The van der Waals surface area contributed by atoms with Crippen molar-refractivity contribution in [3.05, 3.63) is 29.8 Å². The second kappa shape index (κ2) is 12.5. The van der Waals surface area contributed by atoms with Crippen LogP contribution in [0.2, 0.25) is 0 Å². The van der Waals surface area contributed by atoms with Crippen molar-refractivity contribution in [3.63, 3.8) is 0 Å². The number of hydrogen-bond donors (Lipinski definition) is 4. The maximum Gasteiger partial charge on any atom is 0.239 e. The minimum Gasteiger partial charge on any atom is -0.352 e. The molecule has 2 amide bonds. The SMILES string of the molecule is CCCC(=O)Nc1cccc(CNC(=NC)NCC(=O)NC(C)(C)C)c1.I. The van der Waals surface area contributed by atoms with Gasteiger partial charge in [-0.3, -0.25) is 14.6 Å². The molecule has 4 N–H and O–H groups in total. The zero-order valence-electron chi connectivity index (χ0n) is 16.8. The predicted molar refractivity (Wildman–Crippen MR) is 121 cm³/mol. The molecular weight excluding hydrogens is 457 g/mol. The third-order valence-electron chi connectivity index (χ3n) is 3.30. The average molecular weight is 489 g/mol. The number of carbonyl (C=O) groups excluding carboxylic acids is 2. The number of carbonyl (C=O) groups is 2. The van der Waals surface area contributed by atoms with E-state index in [2.05, 4.69) is 26.3 Å². The maximum absolute atomic E-state index is 11.9. The molecule has 8 heteroatoms. The number of rotatable bonds is 7. The first-order chi connectivity index (χ1) is 12.2. The lowest BCUT2D eigenvalue weighted by molar-refractivity contribution is -0.121. The van der Waals surface area contributed by atoms with Crippen LogP contribution in [0, 0.1) is 0 Å². The van der Waals surface area contributed by atoms with Crippen molar-refractivity contribution in [1.29, 1.82) is 0 Å². The summed E-state index contributed by atoms with van der Waals surface area (Å²) in [6, 6.07) is 7.63. The zero-order chi connectivity index (χ0) is 19.6. The fraction of sp³-hybridized carbons (Fsp3) is 0.526. The molecule has 0 radical (unpaired) electrons. The molecule has 0 aliphatic rings. The van der Waals surface area contributed by atoms with E-state index in [0.717, 1.165) is 17.7 Å². The van der Waals surface area contributed by atoms with Gasteiger partial charge in [-0.2, -0.15) is 0 Å². The second-order valence-electron chi connectivity index (χ2n) is 7.08. The first-order valence-electron chi connectivity index (χ1n) is 8.88. The number of anilines is 1. The third kappa shape index (κ3) is 11.5. The van der Waals surface area contributed by atoms with Crippen LogP contribution in [0.4, 0.5) is 5.69 Å². The largest absolute Gasteiger partial charge is 0.352 e. The molecule has 0 aliphatic heterocycles. The van der Waals surface area contributed by atoms with E-state index in [1.54, 1.807) is 7.05 Å². The molecule has 0 heterocycles. The number of amides is 2. The van der Waals surface area contributed by atoms with Gasteiger partial charge < -0.3 is 21.3 Å². The van der Waals surface area contributed by atoms with Gasteiger partial charge >= 0.3 is 0 Å². The molecule has 0 fully saturated rings. The Balaban J connectivity index is 0.00000676. The molecule has 0 aromatic heterocycles. The van der Waals surface area contributed by atoms with E-state index in [-0.39, 0.29) is 47.9 Å². The highest BCUT2D eigenvalue weighted by molar-refractivity contribution is 14.0. The minimum atomic E-state index is -0.266. The van der Waals surface area contributed by atoms with Gasteiger partial charge in [-0.15, -0.1) is 24.0 Å². The standard InChI is InChI=1S/C19H31N5O2.HI/c1-6-8-16(25)23-15-10-7-9-14(11-15)12-21-18(20-5)22-13-17(26)24-19(2,3)4;/h7,9-11H,6,8,12-13H2,1-5H3,(H,23,25)(H,24,26)(H2,20,21,22);1H. The molecular formula is C19H32IN5O2. The van der Waals surface area contributed by atoms with Crippen molar-refractivity contribution in [2.75, 3.05) is 18.9 Å². The summed E-state index contributed by atoms with van der Waals surface area (Å²) < 4.78 is 0. The number of benzene rings is 1. The first kappa shape index (κ1) is 25.2. The predicted octanol–water partition coefficient (Wildman–Crippen LogP) is 2.62. The summed E-state index contributed by atoms with van der Waals surface area (Å²) in [6.45, 7) is 8.45. The molecule has 0 saturated carbocycles. The van der Waals surface area contributed by atoms with Crippen LogP contribution < -0.4 is 21.3 Å². The summed E-state index contributed by atoms with van der Waals surface area (Å²) in [5, 5.41) is 11.9. The third-order valence-corrected chi connectivity index (χ3v) is 3.30. The van der Waals surface area contributed by atoms with Gasteiger partial charge in [0.15, 0.2) is 5.96 Å². The fourth-order valence-corrected chi connectivity index (χ4v) is 2.24. The number of nitrogens with one attached hydrogen (secondary N) is 4. The van der Waals surface area contributed by atoms with Crippen molar-refractivity contribution in [2.24, 2.45) is 4.99 Å². The maximum atomic E-state index is 11.9. The highest BCUT2D eigenvalue weighted by atomic mass is 127. The Morgan fingerprint density at radius 1 is 1.11 bits per heavy atom. The zero-order valence-corrected chi connectivity index (χ0v) is 19.1. The normalized spacial score (nSPS) is 11.2. The van der Waals surface area contributed by atoms with Gasteiger partial charge in [-0.1, -0.05) is 19.1 Å². The van der Waals surface area contributed by atoms with E-state index < -0.39 is 0 Å². The molecule has 1 aromatic rings. The molecule has 7 nitrogen and oxygen atoms in total. The van der Waals surface area contributed by atoms with Gasteiger partial charge in [0.2, 0.25) is 11.8 Å². The molecule has 1 aromatic carbocycles. The monoisotopic (exact) mass is 489 g/mol. The van der Waals surface area contributed by atoms with Crippen molar-refractivity contribution in [2.45, 2.75) is 52.6 Å². The minimum absolute atomic E-state index is 0. The van der Waals surface area contributed by atoms with Gasteiger partial charge in [0.1, 0.15) is 0 Å². The smallest absolute Gasteiger partial charge is 0.239 e. The number of aliphatic imine (C=N–C) groups is 1. The summed E-state index contributed by atoms with van der Waals surface area (Å²) in [6.07, 6.45) is 1.33. The summed E-state index contributed by atoms with van der Waals surface area (Å²) in [5.74, 6) is 0.454. The van der Waals surface area contributed by atoms with Crippen LogP contribution in [0.1, 0.15) is 46.1 Å². The Bertz CT molecular complexity index is 641. The van der Waals surface area contributed by atoms with Crippen LogP contribution in [0.15, 0.2) is 29.3 Å². The fourth-order valence-electron chi connectivity index (χ4n) is 2.24. The molecule has 152 valence electrons. The van der Waals surface area contributed by atoms with Gasteiger partial charge in [0, 0.05) is 31.2 Å². The second-order valence-corrected chi connectivity index (χ2v) is 7.08. The van der Waals surface area contributed by atoms with E-state index in [1.807, 2.05) is 52.0 Å². The molecule has 0 aliphatic carbocycles. The van der Waals surface area contributed by atoms with Crippen LogP contribution in [-0.4, -0.2) is 36.9 Å². The lowest BCUT2D eigenvalue weighted by Gasteiger charge is -2.21. The lowest BCUT2D eigenvalue weighted by Crippen LogP contribution is -2.48. The molecule has 27 heavy (non-hydrogen) atoms. The van der Waals surface area contributed by atoms with E-state index in [4.69, 9.17) is 0 Å². The van der Waals surface area contributed by atoms with Crippen LogP contribution in [-0.2, 0) is 16.1 Å². The van der Waals surface area contributed by atoms with Crippen LogP contribution in [0.3, 0.4) is 0 Å². The van der Waals surface area contributed by atoms with Crippen LogP contribution in [0.5, 0.6) is 0 Å². The Labute approximate surface area is 179 Å². The Kier molecular flexibility index (Phi) is 11.7. The molecule has 0 spiro atoms. The van der Waals surface area contributed by atoms with E-state index in [1.165, 1.54) is 0 Å². The van der Waals surface area contributed by atoms with Crippen molar-refractivity contribution in [1.82, 2.24) is 16.0 Å². The molecule has 0 atom stereocenters. The van der Waals surface area contributed by atoms with Crippen molar-refractivity contribution >= 4 is 47.4 Å². The summed E-state index contributed by atoms with van der Waals surface area (Å²) in [7, 11) is 1.65. The van der Waals surface area contributed by atoms with E-state index in [0.29, 0.717) is 18.9 Å². The van der Waals surface area contributed by atoms with Crippen LogP contribution >= 0.6 is 24.0 Å². The summed E-state index contributed by atoms with van der Waals surface area (Å²) in [4.78, 5) is 27.7. The number of guanidine groups is 1. The summed E-state index contributed by atoms with van der Waals surface area (Å²) >= 11 is 0. The Morgan fingerprint density at radius 2 is 1.81 bits per heavy atom. The number of nitrogens with zero attached hydrogens (tertiary/aromatic N) is 1. The van der Waals surface area contributed by atoms with Crippen LogP contribution in [0.25, 0.3) is 0 Å². The first-order valence-corrected chi connectivity index (χ1v) is 8.88. The molecule has 1 rings (SSSR count). The Morgan fingerprint density at radius 3 is 2.41 bits per heavy atom. The van der Waals surface area contributed by atoms with Gasteiger partial charge in [0.25, 0.3) is 0 Å². The van der Waals surface area contributed by atoms with E-state index in [9.17, 15) is 9.59 Å². The van der Waals surface area contributed by atoms with Gasteiger partial charge in [0.05, 0.1) is 6.54 Å². The highest BCUT2D eigenvalue weighted by Gasteiger charge is 2.13. The Hall–Kier alpha value is -1.84. The van der Waals surface area contributed by atoms with Crippen molar-refractivity contribution < 1.29 is 9.59 Å². The highest BCUT2D eigenvalue weighted by Crippen LogP contribution is 2.11. The molecule has 0 saturated heterocycles. The topological polar surface area (TPSA) is 94.6 Å².